The van der Waals surface area contributed by atoms with Crippen molar-refractivity contribution < 1.29 is 23.5 Å². The van der Waals surface area contributed by atoms with Crippen molar-refractivity contribution in [3.63, 3.8) is 0 Å². The van der Waals surface area contributed by atoms with Gasteiger partial charge in [0.15, 0.2) is 6.61 Å². The second kappa shape index (κ2) is 9.83. The Labute approximate surface area is 138 Å². The lowest BCUT2D eigenvalue weighted by atomic mass is 10.4. The van der Waals surface area contributed by atoms with Crippen LogP contribution >= 0.6 is 11.8 Å². The van der Waals surface area contributed by atoms with Crippen LogP contribution in [0.5, 0.6) is 0 Å². The number of ether oxygens (including phenoxy) is 1. The van der Waals surface area contributed by atoms with Crippen LogP contribution in [-0.4, -0.2) is 36.3 Å². The van der Waals surface area contributed by atoms with Crippen LogP contribution in [0.3, 0.4) is 0 Å². The van der Waals surface area contributed by atoms with Gasteiger partial charge >= 0.3 is 12.0 Å². The number of hydrogen-bond acceptors (Lipinski definition) is 5. The number of benzene rings is 1. The van der Waals surface area contributed by atoms with Crippen molar-refractivity contribution in [2.75, 3.05) is 12.4 Å². The smallest absolute Gasteiger partial charge is 0.321 e. The minimum atomic E-state index is -0.692. The lowest BCUT2D eigenvalue weighted by molar-refractivity contribution is -0.147. The summed E-state index contributed by atoms with van der Waals surface area (Å²) >= 11 is 1.38. The van der Waals surface area contributed by atoms with E-state index in [-0.39, 0.29) is 18.3 Å². The summed E-state index contributed by atoms with van der Waals surface area (Å²) in [6, 6.07) is 5.18. The van der Waals surface area contributed by atoms with E-state index in [0.717, 1.165) is 4.90 Å². The van der Waals surface area contributed by atoms with E-state index in [1.54, 1.807) is 26.0 Å². The average molecular weight is 342 g/mol. The molecule has 0 atom stereocenters. The molecule has 0 aliphatic heterocycles. The van der Waals surface area contributed by atoms with Gasteiger partial charge < -0.3 is 10.1 Å². The molecule has 1 aromatic carbocycles. The van der Waals surface area contributed by atoms with Crippen molar-refractivity contribution in [2.24, 2.45) is 0 Å². The number of carbonyl (C=O) groups is 3. The largest absolute Gasteiger partial charge is 0.456 e. The Kier molecular flexibility index (Phi) is 8.10. The third-order valence-electron chi connectivity index (χ3n) is 2.43. The fourth-order valence-corrected chi connectivity index (χ4v) is 2.30. The van der Waals surface area contributed by atoms with E-state index in [2.05, 4.69) is 5.32 Å². The van der Waals surface area contributed by atoms with E-state index in [0.29, 0.717) is 5.75 Å². The van der Waals surface area contributed by atoms with Crippen molar-refractivity contribution >= 4 is 29.7 Å². The summed E-state index contributed by atoms with van der Waals surface area (Å²) in [6.45, 7) is 3.00. The molecule has 0 saturated heterocycles. The molecule has 1 aromatic rings. The number of carbonyl (C=O) groups excluding carboxylic acids is 3. The first-order chi connectivity index (χ1) is 10.9. The van der Waals surface area contributed by atoms with Crippen LogP contribution in [0.4, 0.5) is 9.18 Å². The Morgan fingerprint density at radius 2 is 1.87 bits per heavy atom. The molecule has 0 fully saturated rings. The molecule has 0 aliphatic rings. The summed E-state index contributed by atoms with van der Waals surface area (Å²) in [5.41, 5.74) is 0. The predicted octanol–water partition coefficient (Wildman–Crippen LogP) is 2.09. The zero-order valence-corrected chi connectivity index (χ0v) is 13.7. The summed E-state index contributed by atoms with van der Waals surface area (Å²) in [4.78, 5) is 34.9. The molecule has 1 rings (SSSR count). The number of nitrogens with one attached hydrogen (secondary N) is 2. The third kappa shape index (κ3) is 8.82. The minimum absolute atomic E-state index is 0.103. The van der Waals surface area contributed by atoms with Crippen LogP contribution in [0.15, 0.2) is 29.2 Å². The second-order valence-corrected chi connectivity index (χ2v) is 6.06. The standard InChI is InChI=1S/C15H19FN2O4S/c1-10(2)17-15(21)18-13(19)9-22-14(20)7-8-23-12-5-3-11(16)4-6-12/h3-6,10H,7-9H2,1-2H3,(H2,17,18,19,21). The molecule has 23 heavy (non-hydrogen) atoms. The number of halogens is 1. The Morgan fingerprint density at radius 1 is 1.22 bits per heavy atom. The van der Waals surface area contributed by atoms with Gasteiger partial charge in [0.25, 0.3) is 5.91 Å². The molecule has 6 nitrogen and oxygen atoms in total. The quantitative estimate of drug-likeness (QED) is 0.585. The first kappa shape index (κ1) is 19.0. The van der Waals surface area contributed by atoms with Gasteiger partial charge in [0.1, 0.15) is 5.82 Å². The molecule has 126 valence electrons. The molecular formula is C15H19FN2O4S. The van der Waals surface area contributed by atoms with E-state index >= 15 is 0 Å². The van der Waals surface area contributed by atoms with Gasteiger partial charge in [0.2, 0.25) is 0 Å². The molecule has 0 radical (unpaired) electrons. The topological polar surface area (TPSA) is 84.5 Å². The van der Waals surface area contributed by atoms with E-state index < -0.39 is 24.5 Å². The predicted molar refractivity (Wildman–Crippen MR) is 84.5 cm³/mol. The zero-order chi connectivity index (χ0) is 17.2. The Balaban J connectivity index is 2.17. The molecule has 0 unspecified atom stereocenters. The molecule has 8 heteroatoms. The molecule has 0 bridgehead atoms. The first-order valence-electron chi connectivity index (χ1n) is 7.01. The second-order valence-electron chi connectivity index (χ2n) is 4.89. The summed E-state index contributed by atoms with van der Waals surface area (Å²) in [6.07, 6.45) is 0.105. The van der Waals surface area contributed by atoms with Gasteiger partial charge in [-0.05, 0) is 38.1 Å². The van der Waals surface area contributed by atoms with Gasteiger partial charge in [-0.25, -0.2) is 9.18 Å². The number of imide groups is 1. The highest BCUT2D eigenvalue weighted by Crippen LogP contribution is 2.18. The Bertz CT molecular complexity index is 549. The van der Waals surface area contributed by atoms with Gasteiger partial charge in [-0.2, -0.15) is 0 Å². The maximum atomic E-state index is 12.7. The van der Waals surface area contributed by atoms with Crippen molar-refractivity contribution in [1.82, 2.24) is 10.6 Å². The number of thioether (sulfide) groups is 1. The maximum absolute atomic E-state index is 12.7. The number of rotatable bonds is 7. The van der Waals surface area contributed by atoms with Crippen LogP contribution < -0.4 is 10.6 Å². The molecule has 2 N–H and O–H groups in total. The monoisotopic (exact) mass is 342 g/mol. The van der Waals surface area contributed by atoms with Crippen LogP contribution in [0.25, 0.3) is 0 Å². The molecule has 0 aliphatic carbocycles. The SMILES string of the molecule is CC(C)NC(=O)NC(=O)COC(=O)CCSc1ccc(F)cc1. The number of amides is 3. The minimum Gasteiger partial charge on any atom is -0.456 e. The van der Waals surface area contributed by atoms with Crippen molar-refractivity contribution in [3.8, 4) is 0 Å². The van der Waals surface area contributed by atoms with E-state index in [9.17, 15) is 18.8 Å². The van der Waals surface area contributed by atoms with Crippen LogP contribution in [0, 0.1) is 5.82 Å². The van der Waals surface area contributed by atoms with Crippen LogP contribution in [0.2, 0.25) is 0 Å². The zero-order valence-electron chi connectivity index (χ0n) is 12.9. The molecule has 0 saturated carbocycles. The fraction of sp³-hybridized carbons (Fsp3) is 0.400. The van der Waals surface area contributed by atoms with Crippen molar-refractivity contribution in [2.45, 2.75) is 31.2 Å². The highest BCUT2D eigenvalue weighted by molar-refractivity contribution is 7.99. The molecule has 3 amide bonds. The molecule has 0 spiro atoms. The Hall–Kier alpha value is -2.09. The first-order valence-corrected chi connectivity index (χ1v) is 7.99. The highest BCUT2D eigenvalue weighted by atomic mass is 32.2. The van der Waals surface area contributed by atoms with Gasteiger partial charge in [-0.1, -0.05) is 0 Å². The number of urea groups is 1. The third-order valence-corrected chi connectivity index (χ3v) is 3.44. The molecule has 0 heterocycles. The van der Waals surface area contributed by atoms with E-state index in [1.807, 2.05) is 5.32 Å². The number of hydrogen-bond donors (Lipinski definition) is 2. The maximum Gasteiger partial charge on any atom is 0.321 e. The lowest BCUT2D eigenvalue weighted by Crippen LogP contribution is -2.44. The van der Waals surface area contributed by atoms with Crippen molar-refractivity contribution in [3.05, 3.63) is 30.1 Å². The summed E-state index contributed by atoms with van der Waals surface area (Å²) < 4.78 is 17.5. The lowest BCUT2D eigenvalue weighted by Gasteiger charge is -2.09. The normalized spacial score (nSPS) is 10.3. The van der Waals surface area contributed by atoms with Crippen LogP contribution in [0.1, 0.15) is 20.3 Å². The van der Waals surface area contributed by atoms with E-state index in [4.69, 9.17) is 4.74 Å². The van der Waals surface area contributed by atoms with Gasteiger partial charge in [0.05, 0.1) is 6.42 Å². The highest BCUT2D eigenvalue weighted by Gasteiger charge is 2.11. The summed E-state index contributed by atoms with van der Waals surface area (Å²) in [7, 11) is 0. The van der Waals surface area contributed by atoms with Gasteiger partial charge in [-0.15, -0.1) is 11.8 Å². The van der Waals surface area contributed by atoms with Crippen LogP contribution in [-0.2, 0) is 14.3 Å². The summed E-state index contributed by atoms with van der Waals surface area (Å²) in [5.74, 6) is -1.11. The average Bonchev–Trinajstić information content (AvgIpc) is 2.46. The molecular weight excluding hydrogens is 323 g/mol. The molecule has 0 aromatic heterocycles. The fourth-order valence-electron chi connectivity index (χ4n) is 1.46. The Morgan fingerprint density at radius 3 is 2.48 bits per heavy atom. The van der Waals surface area contributed by atoms with Crippen molar-refractivity contribution in [1.29, 1.82) is 0 Å². The number of esters is 1. The van der Waals surface area contributed by atoms with Gasteiger partial charge in [-0.3, -0.25) is 14.9 Å². The van der Waals surface area contributed by atoms with E-state index in [1.165, 1.54) is 23.9 Å². The van der Waals surface area contributed by atoms with Gasteiger partial charge in [0, 0.05) is 16.7 Å². The summed E-state index contributed by atoms with van der Waals surface area (Å²) in [5, 5.41) is 4.52.